The molecule has 1 unspecified atom stereocenters. The maximum atomic E-state index is 13.1. The van der Waals surface area contributed by atoms with Crippen LogP contribution in [0.2, 0.25) is 0 Å². The van der Waals surface area contributed by atoms with Gasteiger partial charge in [0.15, 0.2) is 0 Å². The highest BCUT2D eigenvalue weighted by Crippen LogP contribution is 2.40. The van der Waals surface area contributed by atoms with Gasteiger partial charge in [-0.25, -0.2) is 12.7 Å². The molecule has 0 aliphatic carbocycles. The second-order valence-corrected chi connectivity index (χ2v) is 11.8. The lowest BCUT2D eigenvalue weighted by molar-refractivity contribution is -0.140. The van der Waals surface area contributed by atoms with Gasteiger partial charge >= 0.3 is 0 Å². The second-order valence-electron chi connectivity index (χ2n) is 9.67. The number of hydrogen-bond donors (Lipinski definition) is 1. The minimum absolute atomic E-state index is 0.0437. The van der Waals surface area contributed by atoms with Crippen molar-refractivity contribution in [2.75, 3.05) is 34.4 Å². The first-order valence-electron chi connectivity index (χ1n) is 11.2. The topological polar surface area (TPSA) is 104 Å². The SMILES string of the molecule is COCCN1C(=O)C(=O)/C(=C(/O)c2ccc(S(=O)(=O)N(C)C)cc2)C1c1ccc(C(C)(C)C)cc1. The van der Waals surface area contributed by atoms with E-state index in [0.717, 1.165) is 9.87 Å². The Morgan fingerprint density at radius 2 is 1.60 bits per heavy atom. The molecular weight excluding hydrogens is 468 g/mol. The van der Waals surface area contributed by atoms with E-state index in [1.54, 1.807) is 0 Å². The molecule has 1 saturated heterocycles. The molecule has 2 aromatic carbocycles. The molecule has 35 heavy (non-hydrogen) atoms. The molecule has 1 heterocycles. The highest BCUT2D eigenvalue weighted by Gasteiger charge is 2.46. The molecular formula is C26H32N2O6S. The highest BCUT2D eigenvalue weighted by molar-refractivity contribution is 7.89. The van der Waals surface area contributed by atoms with Crippen LogP contribution in [0.3, 0.4) is 0 Å². The number of amides is 1. The fourth-order valence-corrected chi connectivity index (χ4v) is 4.86. The monoisotopic (exact) mass is 500 g/mol. The Balaban J connectivity index is 2.12. The number of benzene rings is 2. The Kier molecular flexibility index (Phi) is 7.54. The number of rotatable bonds is 7. The molecule has 0 radical (unpaired) electrons. The quantitative estimate of drug-likeness (QED) is 0.355. The molecule has 1 aliphatic rings. The van der Waals surface area contributed by atoms with E-state index in [-0.39, 0.29) is 40.4 Å². The van der Waals surface area contributed by atoms with Crippen molar-refractivity contribution < 1.29 is 27.9 Å². The summed E-state index contributed by atoms with van der Waals surface area (Å²) >= 11 is 0. The molecule has 1 fully saturated rings. The molecule has 9 heteroatoms. The average Bonchev–Trinajstić information content (AvgIpc) is 3.06. The third-order valence-corrected chi connectivity index (χ3v) is 7.90. The van der Waals surface area contributed by atoms with Gasteiger partial charge in [0, 0.05) is 33.3 Å². The van der Waals surface area contributed by atoms with Gasteiger partial charge in [0.05, 0.1) is 23.1 Å². The molecule has 188 valence electrons. The van der Waals surface area contributed by atoms with Gasteiger partial charge in [-0.05, 0) is 40.8 Å². The van der Waals surface area contributed by atoms with E-state index >= 15 is 0 Å². The van der Waals surface area contributed by atoms with E-state index in [9.17, 15) is 23.1 Å². The van der Waals surface area contributed by atoms with Gasteiger partial charge in [-0.3, -0.25) is 9.59 Å². The second kappa shape index (κ2) is 9.93. The zero-order valence-electron chi connectivity index (χ0n) is 20.9. The number of ether oxygens (including phenoxy) is 1. The van der Waals surface area contributed by atoms with Crippen molar-refractivity contribution in [2.24, 2.45) is 0 Å². The zero-order valence-corrected chi connectivity index (χ0v) is 21.7. The smallest absolute Gasteiger partial charge is 0.295 e. The lowest BCUT2D eigenvalue weighted by atomic mass is 9.85. The van der Waals surface area contributed by atoms with Crippen LogP contribution in [0, 0.1) is 0 Å². The van der Waals surface area contributed by atoms with Crippen LogP contribution < -0.4 is 0 Å². The summed E-state index contributed by atoms with van der Waals surface area (Å²) in [6.07, 6.45) is 0. The molecule has 0 spiro atoms. The van der Waals surface area contributed by atoms with Crippen molar-refractivity contribution in [3.05, 3.63) is 70.8 Å². The molecule has 1 amide bonds. The van der Waals surface area contributed by atoms with Gasteiger partial charge < -0.3 is 14.7 Å². The van der Waals surface area contributed by atoms with Gasteiger partial charge in [0.2, 0.25) is 10.0 Å². The summed E-state index contributed by atoms with van der Waals surface area (Å²) in [7, 11) is 0.705. The highest BCUT2D eigenvalue weighted by atomic mass is 32.2. The van der Waals surface area contributed by atoms with Crippen LogP contribution in [-0.2, 0) is 29.8 Å². The minimum atomic E-state index is -3.65. The first-order valence-corrected chi connectivity index (χ1v) is 12.7. The van der Waals surface area contributed by atoms with Crippen LogP contribution in [0.4, 0.5) is 0 Å². The van der Waals surface area contributed by atoms with Gasteiger partial charge in [-0.1, -0.05) is 45.0 Å². The summed E-state index contributed by atoms with van der Waals surface area (Å²) in [5, 5.41) is 11.2. The van der Waals surface area contributed by atoms with Crippen LogP contribution in [0.1, 0.15) is 43.5 Å². The molecule has 0 bridgehead atoms. The van der Waals surface area contributed by atoms with E-state index in [1.165, 1.54) is 50.4 Å². The number of hydrogen-bond acceptors (Lipinski definition) is 6. The number of nitrogens with zero attached hydrogens (tertiary/aromatic N) is 2. The maximum absolute atomic E-state index is 13.1. The third kappa shape index (κ3) is 5.17. The Morgan fingerprint density at radius 1 is 1.03 bits per heavy atom. The van der Waals surface area contributed by atoms with Crippen molar-refractivity contribution in [3.63, 3.8) is 0 Å². The zero-order chi connectivity index (χ0) is 26.1. The fraction of sp³-hybridized carbons (Fsp3) is 0.385. The average molecular weight is 501 g/mol. The van der Waals surface area contributed by atoms with Gasteiger partial charge in [-0.2, -0.15) is 0 Å². The summed E-state index contributed by atoms with van der Waals surface area (Å²) in [4.78, 5) is 27.4. The number of methoxy groups -OCH3 is 1. The number of sulfonamides is 1. The normalized spacial score (nSPS) is 18.5. The summed E-state index contributed by atoms with van der Waals surface area (Å²) in [6, 6.07) is 12.4. The Labute approximate surface area is 206 Å². The lowest BCUT2D eigenvalue weighted by Crippen LogP contribution is -2.32. The number of Topliss-reactive ketones (excluding diaryl/α,β-unsaturated/α-hetero) is 1. The number of carbonyl (C=O) groups excluding carboxylic acids is 2. The molecule has 1 atom stereocenters. The summed E-state index contributed by atoms with van der Waals surface area (Å²) in [5.74, 6) is -1.88. The largest absolute Gasteiger partial charge is 0.507 e. The number of aliphatic hydroxyl groups is 1. The molecule has 2 aromatic rings. The molecule has 1 aliphatic heterocycles. The van der Waals surface area contributed by atoms with E-state index in [4.69, 9.17) is 4.74 Å². The van der Waals surface area contributed by atoms with E-state index < -0.39 is 27.8 Å². The molecule has 3 rings (SSSR count). The maximum Gasteiger partial charge on any atom is 0.295 e. The molecule has 8 nitrogen and oxygen atoms in total. The standard InChI is InChI=1S/C26H32N2O6S/c1-26(2,3)19-11-7-17(8-12-19)22-21(24(30)25(31)28(22)15-16-34-6)23(29)18-9-13-20(14-10-18)35(32,33)27(4)5/h7-14,22,29H,15-16H2,1-6H3/b23-21+. The van der Waals surface area contributed by atoms with Crippen LogP contribution in [-0.4, -0.2) is 68.8 Å². The molecule has 0 saturated carbocycles. The van der Waals surface area contributed by atoms with Crippen molar-refractivity contribution in [3.8, 4) is 0 Å². The van der Waals surface area contributed by atoms with Crippen LogP contribution in [0.5, 0.6) is 0 Å². The summed E-state index contributed by atoms with van der Waals surface area (Å²) < 4.78 is 31.0. The summed E-state index contributed by atoms with van der Waals surface area (Å²) in [6.45, 7) is 6.66. The lowest BCUT2D eigenvalue weighted by Gasteiger charge is -2.26. The Hall–Kier alpha value is -3.01. The first-order chi connectivity index (χ1) is 16.3. The molecule has 1 N–H and O–H groups in total. The van der Waals surface area contributed by atoms with E-state index in [1.807, 2.05) is 24.3 Å². The van der Waals surface area contributed by atoms with Gasteiger partial charge in [-0.15, -0.1) is 0 Å². The van der Waals surface area contributed by atoms with Crippen LogP contribution in [0.25, 0.3) is 5.76 Å². The van der Waals surface area contributed by atoms with Crippen molar-refractivity contribution in [1.29, 1.82) is 0 Å². The van der Waals surface area contributed by atoms with Crippen molar-refractivity contribution >= 4 is 27.5 Å². The van der Waals surface area contributed by atoms with Crippen LogP contribution >= 0.6 is 0 Å². The van der Waals surface area contributed by atoms with E-state index in [0.29, 0.717) is 5.56 Å². The minimum Gasteiger partial charge on any atom is -0.507 e. The van der Waals surface area contributed by atoms with Crippen molar-refractivity contribution in [1.82, 2.24) is 9.21 Å². The molecule has 0 aromatic heterocycles. The van der Waals surface area contributed by atoms with Crippen LogP contribution in [0.15, 0.2) is 59.0 Å². The first kappa shape index (κ1) is 26.6. The predicted molar refractivity (Wildman–Crippen MR) is 133 cm³/mol. The summed E-state index contributed by atoms with van der Waals surface area (Å²) in [5.41, 5.74) is 1.89. The van der Waals surface area contributed by atoms with E-state index in [2.05, 4.69) is 20.8 Å². The van der Waals surface area contributed by atoms with Gasteiger partial charge in [0.1, 0.15) is 5.76 Å². The Bertz CT molecular complexity index is 1240. The number of carbonyl (C=O) groups is 2. The predicted octanol–water partition coefficient (Wildman–Crippen LogP) is 3.30. The third-order valence-electron chi connectivity index (χ3n) is 6.08. The Morgan fingerprint density at radius 3 is 2.09 bits per heavy atom. The fourth-order valence-electron chi connectivity index (χ4n) is 3.96. The number of likely N-dealkylation sites (tertiary alicyclic amines) is 1. The van der Waals surface area contributed by atoms with Gasteiger partial charge in [0.25, 0.3) is 11.7 Å². The van der Waals surface area contributed by atoms with Crippen molar-refractivity contribution in [2.45, 2.75) is 37.1 Å². The number of aliphatic hydroxyl groups excluding tert-OH is 1. The number of ketones is 1.